The maximum absolute atomic E-state index is 6.21. The number of nitrogens with two attached hydrogens (primary N) is 1. The Morgan fingerprint density at radius 1 is 1.24 bits per heavy atom. The summed E-state index contributed by atoms with van der Waals surface area (Å²) in [7, 11) is 0. The molecular formula is C18H28N2O. The van der Waals surface area contributed by atoms with Crippen LogP contribution >= 0.6 is 0 Å². The van der Waals surface area contributed by atoms with Crippen LogP contribution in [0.15, 0.2) is 18.2 Å². The van der Waals surface area contributed by atoms with E-state index in [9.17, 15) is 0 Å². The number of hydrogen-bond acceptors (Lipinski definition) is 3. The van der Waals surface area contributed by atoms with Gasteiger partial charge in [0.05, 0.1) is 12.7 Å². The number of rotatable bonds is 3. The Bertz CT molecular complexity index is 466. The van der Waals surface area contributed by atoms with Crippen molar-refractivity contribution in [1.29, 1.82) is 0 Å². The van der Waals surface area contributed by atoms with E-state index < -0.39 is 0 Å². The summed E-state index contributed by atoms with van der Waals surface area (Å²) in [5.74, 6) is 0. The van der Waals surface area contributed by atoms with Crippen molar-refractivity contribution >= 4 is 0 Å². The van der Waals surface area contributed by atoms with Gasteiger partial charge < -0.3 is 10.5 Å². The van der Waals surface area contributed by atoms with Crippen LogP contribution in [0.3, 0.4) is 0 Å². The van der Waals surface area contributed by atoms with Crippen LogP contribution in [0.5, 0.6) is 0 Å². The number of fused-ring (bicyclic) bond motifs is 1. The third-order valence-corrected chi connectivity index (χ3v) is 5.27. The van der Waals surface area contributed by atoms with Gasteiger partial charge in [0, 0.05) is 25.2 Å². The highest BCUT2D eigenvalue weighted by molar-refractivity contribution is 5.36. The summed E-state index contributed by atoms with van der Waals surface area (Å²) >= 11 is 0. The Labute approximate surface area is 128 Å². The summed E-state index contributed by atoms with van der Waals surface area (Å²) in [5, 5.41) is 0. The van der Waals surface area contributed by atoms with Crippen LogP contribution in [0.4, 0.5) is 0 Å². The van der Waals surface area contributed by atoms with Gasteiger partial charge in [-0.25, -0.2) is 0 Å². The van der Waals surface area contributed by atoms with Gasteiger partial charge in [0.2, 0.25) is 0 Å². The van der Waals surface area contributed by atoms with E-state index in [-0.39, 0.29) is 0 Å². The Kier molecular flexibility index (Phi) is 4.63. The van der Waals surface area contributed by atoms with Gasteiger partial charge in [-0.15, -0.1) is 0 Å². The maximum Gasteiger partial charge on any atom is 0.0731 e. The molecule has 1 aliphatic heterocycles. The zero-order chi connectivity index (χ0) is 14.8. The largest absolute Gasteiger partial charge is 0.375 e. The summed E-state index contributed by atoms with van der Waals surface area (Å²) in [6.07, 6.45) is 5.53. The van der Waals surface area contributed by atoms with E-state index in [0.717, 1.165) is 13.2 Å². The molecule has 116 valence electrons. The standard InChI is InChI=1S/C18H28N2O/c1-13-6-5-7-14(2)18(13)16(12-19)20-10-11-21-17-9-4-3-8-15(17)20/h5-7,15-17H,3-4,8-12,19H2,1-2H3. The fourth-order valence-corrected chi connectivity index (χ4v) is 4.29. The number of aryl methyl sites for hydroxylation is 2. The molecule has 1 saturated heterocycles. The fourth-order valence-electron chi connectivity index (χ4n) is 4.29. The van der Waals surface area contributed by atoms with E-state index in [1.54, 1.807) is 0 Å². The van der Waals surface area contributed by atoms with E-state index in [1.165, 1.54) is 42.4 Å². The summed E-state index contributed by atoms with van der Waals surface area (Å²) in [4.78, 5) is 2.64. The van der Waals surface area contributed by atoms with E-state index in [2.05, 4.69) is 36.9 Å². The fraction of sp³-hybridized carbons (Fsp3) is 0.667. The van der Waals surface area contributed by atoms with Gasteiger partial charge in [-0.05, 0) is 43.4 Å². The van der Waals surface area contributed by atoms with Crippen molar-refractivity contribution < 1.29 is 4.74 Å². The molecule has 1 heterocycles. The van der Waals surface area contributed by atoms with Crippen LogP contribution in [0.25, 0.3) is 0 Å². The summed E-state index contributed by atoms with van der Waals surface area (Å²) < 4.78 is 6.02. The highest BCUT2D eigenvalue weighted by Gasteiger charge is 2.38. The highest BCUT2D eigenvalue weighted by atomic mass is 16.5. The first-order valence-electron chi connectivity index (χ1n) is 8.36. The summed E-state index contributed by atoms with van der Waals surface area (Å²) in [6.45, 7) is 6.97. The normalized spacial score (nSPS) is 28.1. The number of hydrogen-bond donors (Lipinski definition) is 1. The monoisotopic (exact) mass is 288 g/mol. The van der Waals surface area contributed by atoms with Crippen LogP contribution < -0.4 is 5.73 Å². The SMILES string of the molecule is Cc1cccc(C)c1C(CN)N1CCOC2CCCCC21. The molecule has 1 saturated carbocycles. The van der Waals surface area contributed by atoms with Crippen LogP contribution in [0.1, 0.15) is 48.4 Å². The second-order valence-electron chi connectivity index (χ2n) is 6.56. The minimum Gasteiger partial charge on any atom is -0.375 e. The number of benzene rings is 1. The Morgan fingerprint density at radius 2 is 1.95 bits per heavy atom. The predicted octanol–water partition coefficient (Wildman–Crippen LogP) is 2.95. The lowest BCUT2D eigenvalue weighted by Gasteiger charge is -2.47. The van der Waals surface area contributed by atoms with E-state index >= 15 is 0 Å². The van der Waals surface area contributed by atoms with Crippen LogP contribution in [0, 0.1) is 13.8 Å². The topological polar surface area (TPSA) is 38.5 Å². The molecule has 2 N–H and O–H groups in total. The Morgan fingerprint density at radius 3 is 2.67 bits per heavy atom. The zero-order valence-corrected chi connectivity index (χ0v) is 13.3. The van der Waals surface area contributed by atoms with Crippen molar-refractivity contribution in [3.05, 3.63) is 34.9 Å². The second-order valence-corrected chi connectivity index (χ2v) is 6.56. The van der Waals surface area contributed by atoms with Gasteiger partial charge in [-0.3, -0.25) is 4.90 Å². The molecule has 1 aliphatic carbocycles. The van der Waals surface area contributed by atoms with Crippen LogP contribution in [-0.2, 0) is 4.74 Å². The molecule has 0 bridgehead atoms. The molecule has 3 nitrogen and oxygen atoms in total. The van der Waals surface area contributed by atoms with E-state index in [1.807, 2.05) is 0 Å². The van der Waals surface area contributed by atoms with E-state index in [4.69, 9.17) is 10.5 Å². The third kappa shape index (κ3) is 2.87. The first-order valence-corrected chi connectivity index (χ1v) is 8.36. The van der Waals surface area contributed by atoms with Crippen molar-refractivity contribution in [2.45, 2.75) is 57.7 Å². The van der Waals surface area contributed by atoms with Crippen molar-refractivity contribution in [2.24, 2.45) is 5.73 Å². The second kappa shape index (κ2) is 6.47. The molecule has 3 rings (SSSR count). The predicted molar refractivity (Wildman–Crippen MR) is 86.4 cm³/mol. The minimum absolute atomic E-state index is 0.334. The average Bonchev–Trinajstić information content (AvgIpc) is 2.51. The molecule has 3 heteroatoms. The van der Waals surface area contributed by atoms with Crippen molar-refractivity contribution in [2.75, 3.05) is 19.7 Å². The van der Waals surface area contributed by atoms with Gasteiger partial charge in [0.1, 0.15) is 0 Å². The number of ether oxygens (including phenoxy) is 1. The quantitative estimate of drug-likeness (QED) is 0.929. The van der Waals surface area contributed by atoms with E-state index in [0.29, 0.717) is 24.7 Å². The average molecular weight is 288 g/mol. The van der Waals surface area contributed by atoms with Gasteiger partial charge in [0.15, 0.2) is 0 Å². The molecule has 0 radical (unpaired) electrons. The molecule has 0 amide bonds. The van der Waals surface area contributed by atoms with Gasteiger partial charge >= 0.3 is 0 Å². The zero-order valence-electron chi connectivity index (χ0n) is 13.3. The molecule has 2 fully saturated rings. The van der Waals surface area contributed by atoms with Gasteiger partial charge in [-0.2, -0.15) is 0 Å². The van der Waals surface area contributed by atoms with Crippen molar-refractivity contribution in [3.8, 4) is 0 Å². The maximum atomic E-state index is 6.21. The molecule has 0 spiro atoms. The highest BCUT2D eigenvalue weighted by Crippen LogP contribution is 2.35. The summed E-state index contributed by atoms with van der Waals surface area (Å²) in [6, 6.07) is 7.46. The molecule has 1 aromatic rings. The van der Waals surface area contributed by atoms with Crippen molar-refractivity contribution in [1.82, 2.24) is 4.90 Å². The number of morpholine rings is 1. The number of nitrogens with zero attached hydrogens (tertiary/aromatic N) is 1. The first-order chi connectivity index (χ1) is 10.2. The Hall–Kier alpha value is -0.900. The lowest BCUT2D eigenvalue weighted by atomic mass is 9.87. The lowest BCUT2D eigenvalue weighted by molar-refractivity contribution is -0.102. The van der Waals surface area contributed by atoms with Gasteiger partial charge in [-0.1, -0.05) is 31.0 Å². The molecule has 2 aliphatic rings. The van der Waals surface area contributed by atoms with Crippen LogP contribution in [0.2, 0.25) is 0 Å². The Balaban J connectivity index is 1.91. The molecule has 1 aromatic carbocycles. The minimum atomic E-state index is 0.334. The van der Waals surface area contributed by atoms with Crippen LogP contribution in [-0.4, -0.2) is 36.7 Å². The molecule has 3 unspecified atom stereocenters. The molecular weight excluding hydrogens is 260 g/mol. The smallest absolute Gasteiger partial charge is 0.0731 e. The van der Waals surface area contributed by atoms with Gasteiger partial charge in [0.25, 0.3) is 0 Å². The molecule has 21 heavy (non-hydrogen) atoms. The molecule has 3 atom stereocenters. The first kappa shape index (κ1) is 15.0. The third-order valence-electron chi connectivity index (χ3n) is 5.27. The molecule has 0 aromatic heterocycles. The lowest BCUT2D eigenvalue weighted by Crippen LogP contribution is -2.55. The summed E-state index contributed by atoms with van der Waals surface area (Å²) in [5.41, 5.74) is 10.4. The van der Waals surface area contributed by atoms with Crippen molar-refractivity contribution in [3.63, 3.8) is 0 Å².